The minimum Gasteiger partial charge on any atom is -0.452 e. The van der Waals surface area contributed by atoms with Gasteiger partial charge >= 0.3 is 5.97 Å². The molecule has 26 heavy (non-hydrogen) atoms. The van der Waals surface area contributed by atoms with E-state index < -0.39 is 11.9 Å². The Morgan fingerprint density at radius 2 is 1.77 bits per heavy atom. The number of amides is 3. The van der Waals surface area contributed by atoms with Crippen LogP contribution in [0, 0.1) is 0 Å². The van der Waals surface area contributed by atoms with Crippen molar-refractivity contribution < 1.29 is 23.9 Å². The third-order valence-corrected chi connectivity index (χ3v) is 4.66. The number of benzene rings is 1. The van der Waals surface area contributed by atoms with Crippen LogP contribution in [0.25, 0.3) is 0 Å². The van der Waals surface area contributed by atoms with E-state index >= 15 is 0 Å². The number of hydrogen-bond acceptors (Lipinski definition) is 6. The van der Waals surface area contributed by atoms with Crippen LogP contribution in [0.15, 0.2) is 41.8 Å². The molecule has 2 aromatic rings. The minimum atomic E-state index is -0.651. The third kappa shape index (κ3) is 4.15. The summed E-state index contributed by atoms with van der Waals surface area (Å²) in [5, 5.41) is 4.57. The number of carbonyl (C=O) groups is 4. The van der Waals surface area contributed by atoms with E-state index in [4.69, 9.17) is 4.74 Å². The molecule has 134 valence electrons. The number of imide groups is 1. The second kappa shape index (κ2) is 7.92. The molecule has 8 heteroatoms. The number of carbonyl (C=O) groups excluding carboxylic acids is 4. The van der Waals surface area contributed by atoms with E-state index in [1.54, 1.807) is 0 Å². The van der Waals surface area contributed by atoms with Gasteiger partial charge in [-0.25, -0.2) is 4.79 Å². The van der Waals surface area contributed by atoms with Crippen molar-refractivity contribution in [1.29, 1.82) is 0 Å². The van der Waals surface area contributed by atoms with Crippen molar-refractivity contribution >= 4 is 40.7 Å². The van der Waals surface area contributed by atoms with Gasteiger partial charge in [0.25, 0.3) is 5.91 Å². The first-order valence-electron chi connectivity index (χ1n) is 7.96. The zero-order valence-electron chi connectivity index (χ0n) is 13.8. The van der Waals surface area contributed by atoms with Gasteiger partial charge in [0.1, 0.15) is 0 Å². The van der Waals surface area contributed by atoms with Gasteiger partial charge in [-0.3, -0.25) is 19.3 Å². The van der Waals surface area contributed by atoms with E-state index in [-0.39, 0.29) is 36.8 Å². The molecule has 1 aliphatic rings. The summed E-state index contributed by atoms with van der Waals surface area (Å²) in [5.41, 5.74) is 0.654. The summed E-state index contributed by atoms with van der Waals surface area (Å²) in [6.07, 6.45) is 0.395. The molecule has 0 unspecified atom stereocenters. The zero-order valence-corrected chi connectivity index (χ0v) is 14.6. The topological polar surface area (TPSA) is 92.8 Å². The Hall–Kier alpha value is -3.00. The smallest absolute Gasteiger partial charge is 0.338 e. The lowest BCUT2D eigenvalue weighted by Gasteiger charge is -2.14. The van der Waals surface area contributed by atoms with Crippen molar-refractivity contribution in [2.75, 3.05) is 11.5 Å². The molecule has 0 spiro atoms. The van der Waals surface area contributed by atoms with Crippen molar-refractivity contribution in [2.45, 2.75) is 19.4 Å². The monoisotopic (exact) mass is 372 g/mol. The lowest BCUT2D eigenvalue weighted by atomic mass is 10.2. The Balaban J connectivity index is 1.51. The quantitative estimate of drug-likeness (QED) is 0.617. The lowest BCUT2D eigenvalue weighted by molar-refractivity contribution is -0.124. The van der Waals surface area contributed by atoms with Gasteiger partial charge in [0.05, 0.1) is 17.8 Å². The Bertz CT molecular complexity index is 814. The van der Waals surface area contributed by atoms with E-state index in [1.807, 2.05) is 17.5 Å². The number of hydrogen-bond donors (Lipinski definition) is 1. The van der Waals surface area contributed by atoms with Crippen LogP contribution in [-0.4, -0.2) is 30.3 Å². The van der Waals surface area contributed by atoms with Crippen LogP contribution >= 0.6 is 11.3 Å². The van der Waals surface area contributed by atoms with Crippen LogP contribution in [0.1, 0.15) is 28.1 Å². The van der Waals surface area contributed by atoms with Crippen LogP contribution in [0.2, 0.25) is 0 Å². The molecule has 1 aromatic carbocycles. The van der Waals surface area contributed by atoms with Gasteiger partial charge in [0, 0.05) is 17.7 Å². The Kier molecular flexibility index (Phi) is 5.43. The van der Waals surface area contributed by atoms with E-state index in [1.165, 1.54) is 35.6 Å². The summed E-state index contributed by atoms with van der Waals surface area (Å²) in [5.74, 6) is -1.56. The molecular formula is C18H16N2O5S. The van der Waals surface area contributed by atoms with Crippen molar-refractivity contribution in [3.8, 4) is 0 Å². The van der Waals surface area contributed by atoms with E-state index in [0.29, 0.717) is 12.2 Å². The van der Waals surface area contributed by atoms with Crippen LogP contribution in [0.5, 0.6) is 0 Å². The van der Waals surface area contributed by atoms with Gasteiger partial charge in [0.2, 0.25) is 11.8 Å². The van der Waals surface area contributed by atoms with Gasteiger partial charge < -0.3 is 10.1 Å². The number of ether oxygens (including phenoxy) is 1. The molecule has 3 amide bonds. The fourth-order valence-corrected chi connectivity index (χ4v) is 3.12. The number of esters is 1. The first kappa shape index (κ1) is 17.8. The SMILES string of the molecule is O=C(COC(=O)c1ccc(N2C(=O)CCC2=O)cc1)NCc1cccs1. The molecule has 0 radical (unpaired) electrons. The maximum absolute atomic E-state index is 12.0. The number of nitrogens with zero attached hydrogens (tertiary/aromatic N) is 1. The molecule has 0 aliphatic carbocycles. The van der Waals surface area contributed by atoms with Gasteiger partial charge in [-0.15, -0.1) is 11.3 Å². The number of thiophene rings is 1. The Morgan fingerprint density at radius 1 is 1.08 bits per heavy atom. The van der Waals surface area contributed by atoms with Crippen molar-refractivity contribution in [3.05, 3.63) is 52.2 Å². The molecule has 3 rings (SSSR count). The fourth-order valence-electron chi connectivity index (χ4n) is 2.48. The number of anilines is 1. The van der Waals surface area contributed by atoms with Gasteiger partial charge in [-0.1, -0.05) is 6.07 Å². The first-order chi connectivity index (χ1) is 12.5. The van der Waals surface area contributed by atoms with E-state index in [0.717, 1.165) is 9.78 Å². The Morgan fingerprint density at radius 3 is 2.38 bits per heavy atom. The molecule has 1 fully saturated rings. The average Bonchev–Trinajstić information content (AvgIpc) is 3.28. The molecule has 0 saturated carbocycles. The normalized spacial score (nSPS) is 13.8. The van der Waals surface area contributed by atoms with Crippen LogP contribution in [0.3, 0.4) is 0 Å². The van der Waals surface area contributed by atoms with Gasteiger partial charge in [-0.05, 0) is 35.7 Å². The molecule has 1 aliphatic heterocycles. The highest BCUT2D eigenvalue weighted by Crippen LogP contribution is 2.22. The maximum Gasteiger partial charge on any atom is 0.338 e. The second-order valence-corrected chi connectivity index (χ2v) is 6.63. The van der Waals surface area contributed by atoms with Crippen molar-refractivity contribution in [2.24, 2.45) is 0 Å². The van der Waals surface area contributed by atoms with E-state index in [9.17, 15) is 19.2 Å². The summed E-state index contributed by atoms with van der Waals surface area (Å²) >= 11 is 1.52. The molecule has 0 atom stereocenters. The van der Waals surface area contributed by atoms with Gasteiger partial charge in [0.15, 0.2) is 6.61 Å². The molecule has 1 aromatic heterocycles. The predicted molar refractivity (Wildman–Crippen MR) is 94.6 cm³/mol. The van der Waals surface area contributed by atoms with Crippen LogP contribution in [-0.2, 0) is 25.7 Å². The summed E-state index contributed by atoms with van der Waals surface area (Å²) in [6, 6.07) is 9.72. The van der Waals surface area contributed by atoms with E-state index in [2.05, 4.69) is 5.32 Å². The Labute approximate surface area is 153 Å². The highest BCUT2D eigenvalue weighted by Gasteiger charge is 2.30. The van der Waals surface area contributed by atoms with Crippen LogP contribution in [0.4, 0.5) is 5.69 Å². The molecule has 0 bridgehead atoms. The summed E-state index contributed by atoms with van der Waals surface area (Å²) in [4.78, 5) is 49.2. The second-order valence-electron chi connectivity index (χ2n) is 5.60. The summed E-state index contributed by atoms with van der Waals surface area (Å²) in [7, 11) is 0. The molecule has 1 N–H and O–H groups in total. The van der Waals surface area contributed by atoms with Crippen molar-refractivity contribution in [3.63, 3.8) is 0 Å². The zero-order chi connectivity index (χ0) is 18.5. The van der Waals surface area contributed by atoms with Crippen molar-refractivity contribution in [1.82, 2.24) is 5.32 Å². The molecular weight excluding hydrogens is 356 g/mol. The summed E-state index contributed by atoms with van der Waals surface area (Å²) < 4.78 is 4.97. The predicted octanol–water partition coefficient (Wildman–Crippen LogP) is 1.87. The maximum atomic E-state index is 12.0. The number of rotatable bonds is 6. The third-order valence-electron chi connectivity index (χ3n) is 3.79. The highest BCUT2D eigenvalue weighted by molar-refractivity contribution is 7.09. The molecule has 1 saturated heterocycles. The van der Waals surface area contributed by atoms with Gasteiger partial charge in [-0.2, -0.15) is 0 Å². The van der Waals surface area contributed by atoms with Crippen LogP contribution < -0.4 is 10.2 Å². The number of nitrogens with one attached hydrogen (secondary N) is 1. The minimum absolute atomic E-state index is 0.198. The molecule has 7 nitrogen and oxygen atoms in total. The standard InChI is InChI=1S/C18H16N2O5S/c21-15(19-10-14-2-1-9-26-14)11-25-18(24)12-3-5-13(6-4-12)20-16(22)7-8-17(20)23/h1-6,9H,7-8,10-11H2,(H,19,21). The largest absolute Gasteiger partial charge is 0.452 e. The lowest BCUT2D eigenvalue weighted by Crippen LogP contribution is -2.29. The fraction of sp³-hybridized carbons (Fsp3) is 0.222. The highest BCUT2D eigenvalue weighted by atomic mass is 32.1. The molecule has 2 heterocycles. The first-order valence-corrected chi connectivity index (χ1v) is 8.84. The average molecular weight is 372 g/mol. The summed E-state index contributed by atoms with van der Waals surface area (Å²) in [6.45, 7) is 0.00962.